The maximum Gasteiger partial charge on any atom is 0.119 e. The van der Waals surface area contributed by atoms with Crippen LogP contribution in [-0.2, 0) is 33.8 Å². The number of pyridine rings is 1. The van der Waals surface area contributed by atoms with Crippen molar-refractivity contribution in [1.29, 1.82) is 0 Å². The van der Waals surface area contributed by atoms with Gasteiger partial charge in [0.15, 0.2) is 0 Å². The summed E-state index contributed by atoms with van der Waals surface area (Å²) in [7, 11) is 3.38. The minimum Gasteiger partial charge on any atom is -0.497 e. The summed E-state index contributed by atoms with van der Waals surface area (Å²) in [5.41, 5.74) is 6.57. The second-order valence-corrected chi connectivity index (χ2v) is 10.3. The van der Waals surface area contributed by atoms with Crippen molar-refractivity contribution >= 4 is 17.1 Å². The molecule has 226 valence electrons. The Labute approximate surface area is 254 Å². The zero-order valence-electron chi connectivity index (χ0n) is 25.1. The summed E-state index contributed by atoms with van der Waals surface area (Å²) >= 11 is 0. The Balaban J connectivity index is 1.20. The van der Waals surface area contributed by atoms with Gasteiger partial charge in [0.1, 0.15) is 11.5 Å². The molecule has 0 spiro atoms. The lowest BCUT2D eigenvalue weighted by Gasteiger charge is -2.30. The van der Waals surface area contributed by atoms with Crippen molar-refractivity contribution in [3.63, 3.8) is 0 Å². The van der Waals surface area contributed by atoms with Crippen LogP contribution in [0.5, 0.6) is 11.5 Å². The van der Waals surface area contributed by atoms with Gasteiger partial charge in [0.05, 0.1) is 59.6 Å². The Hall–Kier alpha value is -4.11. The molecular formula is C35H41N3O5. The van der Waals surface area contributed by atoms with Crippen molar-refractivity contribution in [3.05, 3.63) is 108 Å². The number of morpholine rings is 1. The van der Waals surface area contributed by atoms with Crippen LogP contribution in [0.4, 0.5) is 17.1 Å². The maximum absolute atomic E-state index is 5.92. The third-order valence-corrected chi connectivity index (χ3v) is 7.42. The number of rotatable bonds is 15. The number of hydrogen-bond acceptors (Lipinski definition) is 8. The van der Waals surface area contributed by atoms with Gasteiger partial charge >= 0.3 is 0 Å². The highest BCUT2D eigenvalue weighted by Crippen LogP contribution is 2.31. The van der Waals surface area contributed by atoms with Gasteiger partial charge in [0, 0.05) is 42.9 Å². The van der Waals surface area contributed by atoms with E-state index in [2.05, 4.69) is 63.3 Å². The van der Waals surface area contributed by atoms with Crippen molar-refractivity contribution < 1.29 is 23.7 Å². The van der Waals surface area contributed by atoms with Gasteiger partial charge in [-0.05, 0) is 78.2 Å². The van der Waals surface area contributed by atoms with Crippen LogP contribution in [0.3, 0.4) is 0 Å². The number of benzene rings is 3. The summed E-state index contributed by atoms with van der Waals surface area (Å²) in [6, 6.07) is 29.1. The van der Waals surface area contributed by atoms with Crippen molar-refractivity contribution in [2.45, 2.75) is 19.6 Å². The Morgan fingerprint density at radius 2 is 1.44 bits per heavy atom. The van der Waals surface area contributed by atoms with Crippen LogP contribution in [0.15, 0.2) is 91.1 Å². The Morgan fingerprint density at radius 1 is 0.744 bits per heavy atom. The molecule has 0 radical (unpaired) electrons. The predicted octanol–water partition coefficient (Wildman–Crippen LogP) is 6.05. The van der Waals surface area contributed by atoms with Gasteiger partial charge in [0.2, 0.25) is 0 Å². The first kappa shape index (κ1) is 30.4. The second kappa shape index (κ2) is 15.9. The van der Waals surface area contributed by atoms with Crippen molar-refractivity contribution in [2.24, 2.45) is 0 Å². The van der Waals surface area contributed by atoms with Crippen LogP contribution in [0, 0.1) is 0 Å². The Kier molecular flexibility index (Phi) is 11.2. The second-order valence-electron chi connectivity index (χ2n) is 10.3. The number of nitrogens with zero attached hydrogens (tertiary/aromatic N) is 3. The molecule has 8 heteroatoms. The fraction of sp³-hybridized carbons (Fsp3) is 0.343. The molecule has 1 saturated heterocycles. The lowest BCUT2D eigenvalue weighted by atomic mass is 10.1. The average Bonchev–Trinajstić information content (AvgIpc) is 3.07. The van der Waals surface area contributed by atoms with Crippen LogP contribution in [0.1, 0.15) is 16.8 Å². The minimum atomic E-state index is 0.413. The number of hydrogen-bond donors (Lipinski definition) is 0. The normalized spacial score (nSPS) is 13.1. The Bertz CT molecular complexity index is 1410. The summed E-state index contributed by atoms with van der Waals surface area (Å²) in [5.74, 6) is 1.71. The maximum atomic E-state index is 5.92. The van der Waals surface area contributed by atoms with E-state index in [4.69, 9.17) is 23.7 Å². The molecule has 1 aliphatic heterocycles. The highest BCUT2D eigenvalue weighted by Gasteiger charge is 2.15. The monoisotopic (exact) mass is 583 g/mol. The molecule has 0 atom stereocenters. The van der Waals surface area contributed by atoms with Crippen molar-refractivity contribution in [1.82, 2.24) is 4.98 Å². The molecule has 4 aromatic rings. The average molecular weight is 584 g/mol. The third-order valence-electron chi connectivity index (χ3n) is 7.42. The quantitative estimate of drug-likeness (QED) is 0.157. The molecular weight excluding hydrogens is 542 g/mol. The summed E-state index contributed by atoms with van der Waals surface area (Å²) in [6.45, 7) is 6.11. The summed E-state index contributed by atoms with van der Waals surface area (Å²) in [5, 5.41) is 0. The molecule has 0 aliphatic carbocycles. The van der Waals surface area contributed by atoms with Gasteiger partial charge in [-0.15, -0.1) is 0 Å². The minimum absolute atomic E-state index is 0.413. The lowest BCUT2D eigenvalue weighted by molar-refractivity contribution is 0.0405. The first-order valence-electron chi connectivity index (χ1n) is 14.8. The molecule has 1 aromatic heterocycles. The zero-order chi connectivity index (χ0) is 29.7. The van der Waals surface area contributed by atoms with Crippen molar-refractivity contribution in [2.75, 3.05) is 70.1 Å². The highest BCUT2D eigenvalue weighted by molar-refractivity contribution is 5.66. The van der Waals surface area contributed by atoms with E-state index < -0.39 is 0 Å². The van der Waals surface area contributed by atoms with E-state index in [-0.39, 0.29) is 0 Å². The third kappa shape index (κ3) is 8.94. The standard InChI is InChI=1S/C35H41N3O5/c1-39-34-7-3-5-28(23-34)14-18-41-21-22-43-27-30-25-33(13-15-36-30)38(26-29-6-4-8-35(24-29)40-2)32-11-9-31(10-12-32)37-16-19-42-20-17-37/h3-13,15,23-25H,14,16-22,26-27H2,1-2H3. The van der Waals surface area contributed by atoms with Gasteiger partial charge in [-0.2, -0.15) is 0 Å². The molecule has 3 aromatic carbocycles. The van der Waals surface area contributed by atoms with E-state index in [1.165, 1.54) is 11.3 Å². The highest BCUT2D eigenvalue weighted by atomic mass is 16.5. The fourth-order valence-corrected chi connectivity index (χ4v) is 5.08. The van der Waals surface area contributed by atoms with Gasteiger partial charge in [-0.3, -0.25) is 4.98 Å². The van der Waals surface area contributed by atoms with E-state index in [1.54, 1.807) is 14.2 Å². The molecule has 43 heavy (non-hydrogen) atoms. The molecule has 8 nitrogen and oxygen atoms in total. The topological polar surface area (TPSA) is 65.5 Å². The van der Waals surface area contributed by atoms with E-state index in [0.717, 1.165) is 66.9 Å². The van der Waals surface area contributed by atoms with E-state index in [9.17, 15) is 0 Å². The molecule has 5 rings (SSSR count). The number of anilines is 3. The summed E-state index contributed by atoms with van der Waals surface area (Å²) in [4.78, 5) is 9.23. The van der Waals surface area contributed by atoms with Gasteiger partial charge in [0.25, 0.3) is 0 Å². The van der Waals surface area contributed by atoms with Crippen LogP contribution < -0.4 is 19.3 Å². The summed E-state index contributed by atoms with van der Waals surface area (Å²) < 4.78 is 28.0. The van der Waals surface area contributed by atoms with E-state index in [1.807, 2.05) is 42.6 Å². The van der Waals surface area contributed by atoms with Crippen LogP contribution >= 0.6 is 0 Å². The number of ether oxygens (including phenoxy) is 5. The molecule has 0 N–H and O–H groups in total. The van der Waals surface area contributed by atoms with E-state index in [0.29, 0.717) is 33.0 Å². The van der Waals surface area contributed by atoms with Gasteiger partial charge < -0.3 is 33.5 Å². The number of aromatic nitrogens is 1. The molecule has 1 fully saturated rings. The van der Waals surface area contributed by atoms with Gasteiger partial charge in [-0.1, -0.05) is 24.3 Å². The van der Waals surface area contributed by atoms with Crippen LogP contribution in [0.2, 0.25) is 0 Å². The summed E-state index contributed by atoms with van der Waals surface area (Å²) in [6.07, 6.45) is 2.68. The SMILES string of the molecule is COc1cccc(CCOCCOCc2cc(N(Cc3cccc(OC)c3)c3ccc(N4CCOCC4)cc3)ccn2)c1. The van der Waals surface area contributed by atoms with Crippen LogP contribution in [-0.4, -0.2) is 65.3 Å². The molecule has 2 heterocycles. The molecule has 0 amide bonds. The lowest BCUT2D eigenvalue weighted by Crippen LogP contribution is -2.36. The first-order chi connectivity index (χ1) is 21.2. The smallest absolute Gasteiger partial charge is 0.119 e. The largest absolute Gasteiger partial charge is 0.497 e. The van der Waals surface area contributed by atoms with E-state index >= 15 is 0 Å². The first-order valence-corrected chi connectivity index (χ1v) is 14.8. The van der Waals surface area contributed by atoms with Crippen molar-refractivity contribution in [3.8, 4) is 11.5 Å². The molecule has 0 saturated carbocycles. The molecule has 0 bridgehead atoms. The van der Waals surface area contributed by atoms with Gasteiger partial charge in [-0.25, -0.2) is 0 Å². The predicted molar refractivity (Wildman–Crippen MR) is 170 cm³/mol. The fourth-order valence-electron chi connectivity index (χ4n) is 5.08. The molecule has 1 aliphatic rings. The zero-order valence-corrected chi connectivity index (χ0v) is 25.1. The number of methoxy groups -OCH3 is 2. The van der Waals surface area contributed by atoms with Crippen LogP contribution in [0.25, 0.3) is 0 Å². The molecule has 0 unspecified atom stereocenters. The Morgan fingerprint density at radius 3 is 2.19 bits per heavy atom.